The van der Waals surface area contributed by atoms with E-state index < -0.39 is 6.35 Å². The van der Waals surface area contributed by atoms with E-state index in [2.05, 4.69) is 49.2 Å². The molecule has 0 spiro atoms. The number of aromatic amines is 1. The lowest BCUT2D eigenvalue weighted by Gasteiger charge is -2.41. The summed E-state index contributed by atoms with van der Waals surface area (Å²) in [4.78, 5) is 14.6. The van der Waals surface area contributed by atoms with Crippen molar-refractivity contribution in [3.8, 4) is 5.75 Å². The zero-order chi connectivity index (χ0) is 23.7. The van der Waals surface area contributed by atoms with Crippen molar-refractivity contribution >= 4 is 39.6 Å². The predicted molar refractivity (Wildman–Crippen MR) is 137 cm³/mol. The van der Waals surface area contributed by atoms with E-state index in [-0.39, 0.29) is 0 Å². The average molecular weight is 483 g/mol. The molecule has 4 heterocycles. The summed E-state index contributed by atoms with van der Waals surface area (Å²) in [6.45, 7) is 5.32. The number of anilines is 2. The van der Waals surface area contributed by atoms with Gasteiger partial charge in [-0.3, -0.25) is 9.80 Å². The molecule has 0 amide bonds. The van der Waals surface area contributed by atoms with E-state index in [1.165, 1.54) is 5.57 Å². The summed E-state index contributed by atoms with van der Waals surface area (Å²) in [7, 11) is 3.74. The molecule has 1 atom stereocenters. The van der Waals surface area contributed by atoms with E-state index in [4.69, 9.17) is 16.3 Å². The van der Waals surface area contributed by atoms with Crippen molar-refractivity contribution in [2.24, 2.45) is 0 Å². The van der Waals surface area contributed by atoms with Crippen molar-refractivity contribution < 1.29 is 9.84 Å². The number of piperazine rings is 1. The van der Waals surface area contributed by atoms with Crippen LogP contribution in [-0.4, -0.2) is 89.6 Å². The molecule has 34 heavy (non-hydrogen) atoms. The fourth-order valence-electron chi connectivity index (χ4n) is 4.62. The van der Waals surface area contributed by atoms with Gasteiger partial charge >= 0.3 is 0 Å². The van der Waals surface area contributed by atoms with Crippen LogP contribution in [0.3, 0.4) is 0 Å². The Balaban J connectivity index is 1.31. The van der Waals surface area contributed by atoms with Gasteiger partial charge in [-0.25, -0.2) is 4.98 Å². The maximum absolute atomic E-state index is 10.8. The van der Waals surface area contributed by atoms with Gasteiger partial charge in [0, 0.05) is 68.3 Å². The molecule has 0 radical (unpaired) electrons. The van der Waals surface area contributed by atoms with Crippen LogP contribution in [0.25, 0.3) is 16.6 Å². The molecule has 9 heteroatoms. The van der Waals surface area contributed by atoms with Crippen LogP contribution >= 0.6 is 11.6 Å². The Labute approximate surface area is 204 Å². The van der Waals surface area contributed by atoms with E-state index in [9.17, 15) is 5.11 Å². The van der Waals surface area contributed by atoms with Gasteiger partial charge in [-0.1, -0.05) is 17.7 Å². The molecule has 3 N–H and O–H groups in total. The molecular formula is C25H31ClN6O2. The zero-order valence-corrected chi connectivity index (χ0v) is 20.3. The third kappa shape index (κ3) is 4.78. The lowest BCUT2D eigenvalue weighted by Crippen LogP contribution is -2.55. The Morgan fingerprint density at radius 1 is 1.12 bits per heavy atom. The fraction of sp³-hybridized carbons (Fsp3) is 0.400. The van der Waals surface area contributed by atoms with E-state index in [1.54, 1.807) is 13.3 Å². The van der Waals surface area contributed by atoms with Crippen molar-refractivity contribution in [2.75, 3.05) is 58.7 Å². The van der Waals surface area contributed by atoms with Gasteiger partial charge in [-0.2, -0.15) is 0 Å². The highest BCUT2D eigenvalue weighted by Crippen LogP contribution is 2.33. The van der Waals surface area contributed by atoms with Crippen LogP contribution in [0, 0.1) is 0 Å². The number of aliphatic hydroxyl groups is 1. The van der Waals surface area contributed by atoms with Crippen LogP contribution in [0.15, 0.2) is 42.6 Å². The predicted octanol–water partition coefficient (Wildman–Crippen LogP) is 3.58. The second kappa shape index (κ2) is 9.93. The average Bonchev–Trinajstić information content (AvgIpc) is 3.31. The van der Waals surface area contributed by atoms with Crippen LogP contribution in [0.4, 0.5) is 11.4 Å². The first-order chi connectivity index (χ1) is 16.5. The van der Waals surface area contributed by atoms with Gasteiger partial charge in [0.1, 0.15) is 11.4 Å². The lowest BCUT2D eigenvalue weighted by molar-refractivity contribution is -0.119. The normalized spacial score (nSPS) is 19.2. The number of likely N-dealkylation sites (N-methyl/N-ethyl adjacent to an activating group) is 1. The Kier molecular flexibility index (Phi) is 6.76. The molecule has 1 saturated heterocycles. The number of methoxy groups -OCH3 is 1. The number of nitrogens with one attached hydrogen (secondary N) is 2. The van der Waals surface area contributed by atoms with Gasteiger partial charge in [0.15, 0.2) is 6.35 Å². The van der Waals surface area contributed by atoms with Gasteiger partial charge in [0.2, 0.25) is 0 Å². The van der Waals surface area contributed by atoms with Gasteiger partial charge in [0.05, 0.1) is 17.8 Å². The number of aromatic nitrogens is 2. The Hall–Kier alpha value is -2.62. The van der Waals surface area contributed by atoms with Crippen molar-refractivity contribution in [2.45, 2.75) is 12.8 Å². The number of halogens is 1. The highest BCUT2D eigenvalue weighted by molar-refractivity contribution is 6.32. The first-order valence-corrected chi connectivity index (χ1v) is 12.0. The van der Waals surface area contributed by atoms with E-state index in [0.29, 0.717) is 10.8 Å². The SMILES string of the molecule is COc1cc(Nc2ccnc3[nH]c(C4=CCN(C(O)N5CCN(C)CC5)CC4)cc23)ccc1Cl. The molecule has 2 aromatic heterocycles. The van der Waals surface area contributed by atoms with Gasteiger partial charge < -0.3 is 25.0 Å². The van der Waals surface area contributed by atoms with E-state index in [1.807, 2.05) is 24.3 Å². The van der Waals surface area contributed by atoms with Crippen LogP contribution in [0.5, 0.6) is 5.75 Å². The Morgan fingerprint density at radius 3 is 2.68 bits per heavy atom. The standard InChI is InChI=1S/C25H31ClN6O2/c1-30-11-13-32(14-12-30)25(33)31-9-6-17(7-10-31)22-16-19-21(5-8-27-24(19)29-22)28-18-3-4-20(26)23(15-18)34-2/h3-6,8,15-16,25,33H,7,9-14H2,1-2H3,(H2,27,28,29). The minimum Gasteiger partial charge on any atom is -0.495 e. The number of fused-ring (bicyclic) bond motifs is 1. The third-order valence-electron chi connectivity index (χ3n) is 6.74. The molecule has 0 aliphatic carbocycles. The molecule has 3 aromatic rings. The largest absolute Gasteiger partial charge is 0.495 e. The molecular weight excluding hydrogens is 452 g/mol. The minimum atomic E-state index is -0.525. The molecule has 8 nitrogen and oxygen atoms in total. The van der Waals surface area contributed by atoms with Crippen molar-refractivity contribution in [1.82, 2.24) is 24.7 Å². The summed E-state index contributed by atoms with van der Waals surface area (Å²) in [5.74, 6) is 0.627. The van der Waals surface area contributed by atoms with Gasteiger partial charge in [-0.15, -0.1) is 0 Å². The monoisotopic (exact) mass is 482 g/mol. The zero-order valence-electron chi connectivity index (χ0n) is 19.6. The quantitative estimate of drug-likeness (QED) is 0.495. The maximum atomic E-state index is 10.8. The van der Waals surface area contributed by atoms with Crippen molar-refractivity contribution in [1.29, 1.82) is 0 Å². The van der Waals surface area contributed by atoms with Gasteiger partial charge in [0.25, 0.3) is 0 Å². The smallest absolute Gasteiger partial charge is 0.165 e. The van der Waals surface area contributed by atoms with Crippen LogP contribution < -0.4 is 10.1 Å². The number of hydrogen-bond donors (Lipinski definition) is 3. The molecule has 0 bridgehead atoms. The van der Waals surface area contributed by atoms with E-state index >= 15 is 0 Å². The summed E-state index contributed by atoms with van der Waals surface area (Å²) in [5, 5.41) is 15.9. The number of hydrogen-bond acceptors (Lipinski definition) is 7. The molecule has 2 aliphatic heterocycles. The van der Waals surface area contributed by atoms with E-state index in [0.717, 1.165) is 73.8 Å². The highest BCUT2D eigenvalue weighted by Gasteiger charge is 2.27. The summed E-state index contributed by atoms with van der Waals surface area (Å²) < 4.78 is 5.34. The molecule has 1 unspecified atom stereocenters. The first-order valence-electron chi connectivity index (χ1n) is 11.6. The van der Waals surface area contributed by atoms with Crippen LogP contribution in [-0.2, 0) is 0 Å². The summed E-state index contributed by atoms with van der Waals surface area (Å²) >= 11 is 6.17. The molecule has 1 aromatic carbocycles. The first kappa shape index (κ1) is 23.1. The number of aliphatic hydroxyl groups excluding tert-OH is 1. The number of pyridine rings is 1. The Bertz CT molecular complexity index is 1190. The lowest BCUT2D eigenvalue weighted by atomic mass is 10.0. The van der Waals surface area contributed by atoms with Crippen molar-refractivity contribution in [3.63, 3.8) is 0 Å². The number of benzene rings is 1. The van der Waals surface area contributed by atoms with Gasteiger partial charge in [-0.05, 0) is 43.3 Å². The molecule has 180 valence electrons. The third-order valence-corrected chi connectivity index (χ3v) is 7.05. The topological polar surface area (TPSA) is 79.9 Å². The van der Waals surface area contributed by atoms with Crippen LogP contribution in [0.2, 0.25) is 5.02 Å². The molecule has 0 saturated carbocycles. The number of H-pyrrole nitrogens is 1. The second-order valence-electron chi connectivity index (χ2n) is 8.94. The number of rotatable bonds is 6. The highest BCUT2D eigenvalue weighted by atomic mass is 35.5. The molecule has 5 rings (SSSR count). The maximum Gasteiger partial charge on any atom is 0.165 e. The molecule has 1 fully saturated rings. The summed E-state index contributed by atoms with van der Waals surface area (Å²) in [6.07, 6.45) is 4.35. The van der Waals surface area contributed by atoms with Crippen LogP contribution in [0.1, 0.15) is 12.1 Å². The Morgan fingerprint density at radius 2 is 1.94 bits per heavy atom. The molecule has 2 aliphatic rings. The number of ether oxygens (including phenoxy) is 1. The van der Waals surface area contributed by atoms with Crippen molar-refractivity contribution in [3.05, 3.63) is 53.3 Å². The minimum absolute atomic E-state index is 0.525. The number of nitrogens with zero attached hydrogens (tertiary/aromatic N) is 4. The summed E-state index contributed by atoms with van der Waals surface area (Å²) in [6, 6.07) is 9.74. The fourth-order valence-corrected chi connectivity index (χ4v) is 4.82. The summed E-state index contributed by atoms with van der Waals surface area (Å²) in [5.41, 5.74) is 5.00. The second-order valence-corrected chi connectivity index (χ2v) is 9.35.